The van der Waals surface area contributed by atoms with Gasteiger partial charge in [-0.05, 0) is 45.3 Å². The second-order valence-corrected chi connectivity index (χ2v) is 5.90. The molecule has 0 aromatic carbocycles. The molecule has 2 heterocycles. The summed E-state index contributed by atoms with van der Waals surface area (Å²) in [5, 5.41) is 20.6. The van der Waals surface area contributed by atoms with Gasteiger partial charge in [0.1, 0.15) is 0 Å². The molecule has 1 aliphatic rings. The van der Waals surface area contributed by atoms with E-state index in [1.165, 1.54) is 45.3 Å². The van der Waals surface area contributed by atoms with E-state index in [-0.39, 0.29) is 6.61 Å². The second-order valence-electron chi connectivity index (χ2n) is 5.90. The van der Waals surface area contributed by atoms with Gasteiger partial charge in [-0.1, -0.05) is 18.6 Å². The van der Waals surface area contributed by atoms with Crippen molar-refractivity contribution in [3.63, 3.8) is 0 Å². The van der Waals surface area contributed by atoms with E-state index in [0.29, 0.717) is 6.04 Å². The minimum Gasteiger partial charge on any atom is -0.396 e. The van der Waals surface area contributed by atoms with Crippen LogP contribution in [0.4, 0.5) is 0 Å². The standard InChI is InChI=1S/C15H29N5O/c1-2-3-7-19-9-5-14(6-10-19)16-12-15-13-20(18-17-15)8-4-11-21/h13-14,16,21H,2-12H2,1H3. The number of unbranched alkanes of at least 4 members (excludes halogenated alkanes) is 1. The van der Waals surface area contributed by atoms with Crippen LogP contribution in [0.2, 0.25) is 0 Å². The SMILES string of the molecule is CCCCN1CCC(NCc2cn(CCCO)nn2)CC1. The average Bonchev–Trinajstić information content (AvgIpc) is 2.98. The van der Waals surface area contributed by atoms with Crippen LogP contribution in [0.1, 0.15) is 44.7 Å². The maximum absolute atomic E-state index is 8.81. The van der Waals surface area contributed by atoms with Gasteiger partial charge in [-0.2, -0.15) is 0 Å². The maximum Gasteiger partial charge on any atom is 0.0964 e. The highest BCUT2D eigenvalue weighted by atomic mass is 16.3. The van der Waals surface area contributed by atoms with Crippen LogP contribution in [0.15, 0.2) is 6.20 Å². The van der Waals surface area contributed by atoms with E-state index in [0.717, 1.165) is 25.2 Å². The number of aliphatic hydroxyl groups excluding tert-OH is 1. The zero-order valence-corrected chi connectivity index (χ0v) is 13.2. The highest BCUT2D eigenvalue weighted by Gasteiger charge is 2.18. The van der Waals surface area contributed by atoms with Crippen molar-refractivity contribution in [1.82, 2.24) is 25.2 Å². The summed E-state index contributed by atoms with van der Waals surface area (Å²) in [5.74, 6) is 0. The van der Waals surface area contributed by atoms with Gasteiger partial charge in [-0.25, -0.2) is 0 Å². The molecule has 1 fully saturated rings. The van der Waals surface area contributed by atoms with Crippen molar-refractivity contribution >= 4 is 0 Å². The Morgan fingerprint density at radius 3 is 2.81 bits per heavy atom. The van der Waals surface area contributed by atoms with Gasteiger partial charge < -0.3 is 15.3 Å². The van der Waals surface area contributed by atoms with Gasteiger partial charge in [0.15, 0.2) is 0 Å². The molecule has 1 aromatic rings. The van der Waals surface area contributed by atoms with Crippen molar-refractivity contribution in [2.75, 3.05) is 26.2 Å². The van der Waals surface area contributed by atoms with Crippen molar-refractivity contribution < 1.29 is 5.11 Å². The summed E-state index contributed by atoms with van der Waals surface area (Å²) in [7, 11) is 0. The first-order valence-electron chi connectivity index (χ1n) is 8.27. The minimum atomic E-state index is 0.198. The number of likely N-dealkylation sites (tertiary alicyclic amines) is 1. The molecule has 1 saturated heterocycles. The molecule has 2 rings (SSSR count). The number of aryl methyl sites for hydroxylation is 1. The van der Waals surface area contributed by atoms with E-state index in [1.54, 1.807) is 4.68 Å². The first kappa shape index (κ1) is 16.4. The lowest BCUT2D eigenvalue weighted by Gasteiger charge is -2.32. The zero-order valence-electron chi connectivity index (χ0n) is 13.2. The van der Waals surface area contributed by atoms with E-state index in [4.69, 9.17) is 5.11 Å². The Labute approximate surface area is 127 Å². The molecule has 0 radical (unpaired) electrons. The number of aromatic nitrogens is 3. The third kappa shape index (κ3) is 5.73. The molecule has 0 bridgehead atoms. The Bertz CT molecular complexity index is 387. The molecular weight excluding hydrogens is 266 g/mol. The van der Waals surface area contributed by atoms with Crippen LogP contribution >= 0.6 is 0 Å². The van der Waals surface area contributed by atoms with Gasteiger partial charge in [0, 0.05) is 31.9 Å². The average molecular weight is 295 g/mol. The van der Waals surface area contributed by atoms with Crippen LogP contribution < -0.4 is 5.32 Å². The molecule has 0 aliphatic carbocycles. The van der Waals surface area contributed by atoms with Gasteiger partial charge in [0.25, 0.3) is 0 Å². The topological polar surface area (TPSA) is 66.2 Å². The van der Waals surface area contributed by atoms with Crippen LogP contribution in [0, 0.1) is 0 Å². The summed E-state index contributed by atoms with van der Waals surface area (Å²) in [6.07, 6.45) is 7.75. The summed E-state index contributed by atoms with van der Waals surface area (Å²) in [5.41, 5.74) is 0.987. The largest absolute Gasteiger partial charge is 0.396 e. The van der Waals surface area contributed by atoms with E-state index in [2.05, 4.69) is 27.5 Å². The van der Waals surface area contributed by atoms with Crippen molar-refractivity contribution in [2.45, 2.75) is 58.2 Å². The van der Waals surface area contributed by atoms with E-state index in [1.807, 2.05) is 6.20 Å². The van der Waals surface area contributed by atoms with Crippen LogP contribution in [0.5, 0.6) is 0 Å². The quantitative estimate of drug-likeness (QED) is 0.712. The first-order valence-corrected chi connectivity index (χ1v) is 8.27. The minimum absolute atomic E-state index is 0.198. The first-order chi connectivity index (χ1) is 10.3. The third-order valence-corrected chi connectivity index (χ3v) is 4.12. The van der Waals surface area contributed by atoms with E-state index in [9.17, 15) is 0 Å². The van der Waals surface area contributed by atoms with Gasteiger partial charge in [0.05, 0.1) is 5.69 Å². The predicted molar refractivity (Wildman–Crippen MR) is 82.9 cm³/mol. The molecule has 21 heavy (non-hydrogen) atoms. The highest BCUT2D eigenvalue weighted by molar-refractivity contribution is 4.92. The van der Waals surface area contributed by atoms with Gasteiger partial charge >= 0.3 is 0 Å². The summed E-state index contributed by atoms with van der Waals surface area (Å²) in [4.78, 5) is 2.58. The molecule has 0 spiro atoms. The zero-order chi connectivity index (χ0) is 14.9. The molecule has 1 aromatic heterocycles. The van der Waals surface area contributed by atoms with E-state index >= 15 is 0 Å². The molecule has 2 N–H and O–H groups in total. The molecule has 6 nitrogen and oxygen atoms in total. The Kier molecular flexibility index (Phi) is 7.12. The fraction of sp³-hybridized carbons (Fsp3) is 0.867. The van der Waals surface area contributed by atoms with Gasteiger partial charge in [-0.3, -0.25) is 4.68 Å². The lowest BCUT2D eigenvalue weighted by Crippen LogP contribution is -2.42. The molecule has 6 heteroatoms. The van der Waals surface area contributed by atoms with Crippen molar-refractivity contribution in [1.29, 1.82) is 0 Å². The monoisotopic (exact) mass is 295 g/mol. The summed E-state index contributed by atoms with van der Waals surface area (Å²) < 4.78 is 1.81. The van der Waals surface area contributed by atoms with E-state index < -0.39 is 0 Å². The number of piperidine rings is 1. The van der Waals surface area contributed by atoms with Crippen LogP contribution in [-0.4, -0.2) is 57.3 Å². The maximum atomic E-state index is 8.81. The normalized spacial score (nSPS) is 17.4. The Balaban J connectivity index is 1.64. The molecule has 0 amide bonds. The lowest BCUT2D eigenvalue weighted by atomic mass is 10.0. The van der Waals surface area contributed by atoms with Crippen LogP contribution in [-0.2, 0) is 13.1 Å². The fourth-order valence-electron chi connectivity index (χ4n) is 2.75. The summed E-state index contributed by atoms with van der Waals surface area (Å²) in [6.45, 7) is 7.65. The predicted octanol–water partition coefficient (Wildman–Crippen LogP) is 1.01. The Morgan fingerprint density at radius 2 is 2.10 bits per heavy atom. The third-order valence-electron chi connectivity index (χ3n) is 4.12. The van der Waals surface area contributed by atoms with Crippen molar-refractivity contribution in [3.8, 4) is 0 Å². The van der Waals surface area contributed by atoms with Crippen molar-refractivity contribution in [2.24, 2.45) is 0 Å². The molecule has 120 valence electrons. The smallest absolute Gasteiger partial charge is 0.0964 e. The fourth-order valence-corrected chi connectivity index (χ4v) is 2.75. The van der Waals surface area contributed by atoms with Gasteiger partial charge in [0.2, 0.25) is 0 Å². The summed E-state index contributed by atoms with van der Waals surface area (Å²) in [6, 6.07) is 0.602. The molecule has 1 aliphatic heterocycles. The van der Waals surface area contributed by atoms with Crippen LogP contribution in [0.25, 0.3) is 0 Å². The number of aliphatic hydroxyl groups is 1. The molecule has 0 unspecified atom stereocenters. The number of hydrogen-bond donors (Lipinski definition) is 2. The highest BCUT2D eigenvalue weighted by Crippen LogP contribution is 2.11. The van der Waals surface area contributed by atoms with Crippen molar-refractivity contribution in [3.05, 3.63) is 11.9 Å². The number of hydrogen-bond acceptors (Lipinski definition) is 5. The Hall–Kier alpha value is -0.980. The summed E-state index contributed by atoms with van der Waals surface area (Å²) >= 11 is 0. The number of nitrogens with zero attached hydrogens (tertiary/aromatic N) is 4. The van der Waals surface area contributed by atoms with Crippen LogP contribution in [0.3, 0.4) is 0 Å². The lowest BCUT2D eigenvalue weighted by molar-refractivity contribution is 0.194. The van der Waals surface area contributed by atoms with Gasteiger partial charge in [-0.15, -0.1) is 5.10 Å². The molecule has 0 saturated carbocycles. The number of nitrogens with one attached hydrogen (secondary N) is 1. The molecule has 0 atom stereocenters. The number of rotatable bonds is 9. The Morgan fingerprint density at radius 1 is 1.29 bits per heavy atom. The molecular formula is C15H29N5O. The second kappa shape index (κ2) is 9.12.